The zero-order valence-electron chi connectivity index (χ0n) is 15.8. The van der Waals surface area contributed by atoms with Crippen LogP contribution in [0.2, 0.25) is 5.02 Å². The van der Waals surface area contributed by atoms with Crippen LogP contribution in [0.15, 0.2) is 36.4 Å². The van der Waals surface area contributed by atoms with Gasteiger partial charge in [0.25, 0.3) is 0 Å². The van der Waals surface area contributed by atoms with Crippen LogP contribution in [0.25, 0.3) is 0 Å². The summed E-state index contributed by atoms with van der Waals surface area (Å²) in [5.41, 5.74) is 0.371. The first-order valence-electron chi connectivity index (χ1n) is 9.89. The Morgan fingerprint density at radius 1 is 1.07 bits per heavy atom. The van der Waals surface area contributed by atoms with E-state index in [1.165, 1.54) is 6.92 Å². The van der Waals surface area contributed by atoms with Crippen LogP contribution in [-0.4, -0.2) is 41.1 Å². The zero-order valence-corrected chi connectivity index (χ0v) is 16.5. The van der Waals surface area contributed by atoms with Gasteiger partial charge in [0.1, 0.15) is 6.04 Å². The number of likely N-dealkylation sites (tertiary alicyclic amines) is 1. The lowest BCUT2D eigenvalue weighted by molar-refractivity contribution is -0.157. The summed E-state index contributed by atoms with van der Waals surface area (Å²) in [5.74, 6) is -1.19. The molecule has 4 aliphatic carbocycles. The molecule has 1 saturated heterocycles. The Kier molecular flexibility index (Phi) is 4.17. The average Bonchev–Trinajstić information content (AvgIpc) is 3.49. The smallest absolute Gasteiger partial charge is 0.329 e. The number of ether oxygens (including phenoxy) is 1. The van der Waals surface area contributed by atoms with Crippen LogP contribution in [0.1, 0.15) is 23.7 Å². The summed E-state index contributed by atoms with van der Waals surface area (Å²) >= 11 is 5.80. The Hall–Kier alpha value is -2.47. The maximum absolute atomic E-state index is 13.0. The van der Waals surface area contributed by atoms with Crippen molar-refractivity contribution in [1.82, 2.24) is 4.90 Å². The minimum Gasteiger partial charge on any atom is -0.456 e. The van der Waals surface area contributed by atoms with Crippen molar-refractivity contribution in [2.45, 2.75) is 19.4 Å². The molecule has 2 bridgehead atoms. The number of benzene rings is 1. The largest absolute Gasteiger partial charge is 0.456 e. The first-order valence-corrected chi connectivity index (χ1v) is 10.3. The van der Waals surface area contributed by atoms with Crippen molar-refractivity contribution < 1.29 is 23.9 Å². The van der Waals surface area contributed by atoms with E-state index in [4.69, 9.17) is 16.3 Å². The molecule has 0 spiro atoms. The minimum atomic E-state index is -1.05. The number of nitrogens with zero attached hydrogens (tertiary/aromatic N) is 1. The molecule has 0 aromatic heterocycles. The highest BCUT2D eigenvalue weighted by molar-refractivity contribution is 6.30. The Morgan fingerprint density at radius 3 is 2.17 bits per heavy atom. The van der Waals surface area contributed by atoms with Crippen LogP contribution >= 0.6 is 11.6 Å². The van der Waals surface area contributed by atoms with Gasteiger partial charge in [0.05, 0.1) is 11.8 Å². The van der Waals surface area contributed by atoms with E-state index < -0.39 is 18.6 Å². The summed E-state index contributed by atoms with van der Waals surface area (Å²) < 4.78 is 5.13. The van der Waals surface area contributed by atoms with E-state index in [1.54, 1.807) is 24.3 Å². The second kappa shape index (κ2) is 6.52. The van der Waals surface area contributed by atoms with Crippen LogP contribution < -0.4 is 0 Å². The maximum atomic E-state index is 13.0. The molecular weight excluding hydrogens is 394 g/mol. The average molecular weight is 414 g/mol. The number of ketones is 1. The molecular formula is C22H20ClNO5. The third-order valence-electron chi connectivity index (χ3n) is 6.94. The molecule has 29 heavy (non-hydrogen) atoms. The number of allylic oxidation sites excluding steroid dienone is 2. The van der Waals surface area contributed by atoms with E-state index in [9.17, 15) is 19.2 Å². The van der Waals surface area contributed by atoms with Crippen molar-refractivity contribution in [2.24, 2.45) is 35.5 Å². The number of carbonyl (C=O) groups excluding carboxylic acids is 4. The Morgan fingerprint density at radius 2 is 1.62 bits per heavy atom. The molecule has 2 saturated carbocycles. The second-order valence-corrected chi connectivity index (χ2v) is 8.85. The van der Waals surface area contributed by atoms with Gasteiger partial charge in [0, 0.05) is 10.6 Å². The standard InChI is InChI=1S/C22H20ClNO5/c1-10(22(28)29-9-17(25)11-2-4-12(23)5-3-11)24-20(26)18-13-6-7-14(16-8-15(13)16)19(18)21(24)27/h2-7,10,13-16,18-19H,8-9H2,1H3/t10-,13+,14+,15-,16+,18-,19-/m1/s1. The second-order valence-electron chi connectivity index (χ2n) is 8.41. The lowest BCUT2D eigenvalue weighted by atomic mass is 9.63. The van der Waals surface area contributed by atoms with E-state index in [1.807, 2.05) is 0 Å². The number of carbonyl (C=O) groups is 4. The summed E-state index contributed by atoms with van der Waals surface area (Å²) in [6.45, 7) is 1.03. The summed E-state index contributed by atoms with van der Waals surface area (Å²) in [6, 6.07) is 5.21. The van der Waals surface area contributed by atoms with Gasteiger partial charge in [-0.2, -0.15) is 0 Å². The van der Waals surface area contributed by atoms with Gasteiger partial charge in [-0.05, 0) is 61.3 Å². The summed E-state index contributed by atoms with van der Waals surface area (Å²) in [4.78, 5) is 51.8. The third-order valence-corrected chi connectivity index (χ3v) is 7.19. The molecule has 1 heterocycles. The van der Waals surface area contributed by atoms with Gasteiger partial charge >= 0.3 is 5.97 Å². The summed E-state index contributed by atoms with van der Waals surface area (Å²) in [7, 11) is 0. The molecule has 7 heteroatoms. The molecule has 1 aromatic carbocycles. The molecule has 3 fully saturated rings. The quantitative estimate of drug-likeness (QED) is 0.320. The maximum Gasteiger partial charge on any atom is 0.329 e. The van der Waals surface area contributed by atoms with Crippen molar-refractivity contribution in [3.63, 3.8) is 0 Å². The molecule has 0 radical (unpaired) electrons. The third kappa shape index (κ3) is 2.76. The number of amides is 2. The van der Waals surface area contributed by atoms with Crippen LogP contribution in [0, 0.1) is 35.5 Å². The molecule has 0 unspecified atom stereocenters. The Balaban J connectivity index is 1.26. The van der Waals surface area contributed by atoms with Crippen LogP contribution in [-0.2, 0) is 19.1 Å². The molecule has 6 rings (SSSR count). The van der Waals surface area contributed by atoms with Gasteiger partial charge < -0.3 is 4.74 Å². The van der Waals surface area contributed by atoms with Gasteiger partial charge in [-0.1, -0.05) is 23.8 Å². The van der Waals surface area contributed by atoms with Crippen LogP contribution in [0.4, 0.5) is 0 Å². The van der Waals surface area contributed by atoms with Crippen molar-refractivity contribution in [2.75, 3.05) is 6.61 Å². The fourth-order valence-electron chi connectivity index (χ4n) is 5.44. The highest BCUT2D eigenvalue weighted by Gasteiger charge is 2.67. The van der Waals surface area contributed by atoms with Gasteiger partial charge in [-0.3, -0.25) is 19.3 Å². The number of Topliss-reactive ketones (excluding diaryl/α,β-unsaturated/α-hetero) is 1. The van der Waals surface area contributed by atoms with Crippen molar-refractivity contribution >= 4 is 35.2 Å². The van der Waals surface area contributed by atoms with Crippen molar-refractivity contribution in [3.8, 4) is 0 Å². The molecule has 5 aliphatic rings. The Labute approximate surface area is 172 Å². The van der Waals surface area contributed by atoms with E-state index in [0.717, 1.165) is 11.3 Å². The number of hydrogen-bond acceptors (Lipinski definition) is 5. The first kappa shape index (κ1) is 18.6. The molecule has 7 atom stereocenters. The SMILES string of the molecule is C[C@H](C(=O)OCC(=O)c1ccc(Cl)cc1)N1C(=O)[C@@H]2[C@H]3C=C[C@@H]([C@@H]4C[C@H]34)[C@H]2C1=O. The summed E-state index contributed by atoms with van der Waals surface area (Å²) in [6.07, 6.45) is 5.26. The summed E-state index contributed by atoms with van der Waals surface area (Å²) in [5, 5.41) is 0.501. The minimum absolute atomic E-state index is 0.103. The molecule has 0 N–H and O–H groups in total. The number of rotatable bonds is 5. The van der Waals surface area contributed by atoms with Gasteiger partial charge in [-0.25, -0.2) is 4.79 Å². The first-order chi connectivity index (χ1) is 13.9. The Bertz CT molecular complexity index is 918. The zero-order chi connectivity index (χ0) is 20.4. The van der Waals surface area contributed by atoms with Crippen LogP contribution in [0.5, 0.6) is 0 Å². The van der Waals surface area contributed by atoms with Crippen molar-refractivity contribution in [1.29, 1.82) is 0 Å². The highest BCUT2D eigenvalue weighted by Crippen LogP contribution is 2.65. The lowest BCUT2D eigenvalue weighted by Crippen LogP contribution is -2.45. The van der Waals surface area contributed by atoms with E-state index in [2.05, 4.69) is 12.2 Å². The number of halogens is 1. The predicted molar refractivity (Wildman–Crippen MR) is 103 cm³/mol. The van der Waals surface area contributed by atoms with Gasteiger partial charge in [0.15, 0.2) is 12.4 Å². The molecule has 2 amide bonds. The van der Waals surface area contributed by atoms with E-state index in [0.29, 0.717) is 22.4 Å². The van der Waals surface area contributed by atoms with E-state index in [-0.39, 0.29) is 41.3 Å². The lowest BCUT2D eigenvalue weighted by Gasteiger charge is -2.37. The highest BCUT2D eigenvalue weighted by atomic mass is 35.5. The molecule has 6 nitrogen and oxygen atoms in total. The molecule has 150 valence electrons. The van der Waals surface area contributed by atoms with E-state index >= 15 is 0 Å². The van der Waals surface area contributed by atoms with Gasteiger partial charge in [-0.15, -0.1) is 0 Å². The number of hydrogen-bond donors (Lipinski definition) is 0. The number of esters is 1. The van der Waals surface area contributed by atoms with Crippen LogP contribution in [0.3, 0.4) is 0 Å². The monoisotopic (exact) mass is 413 g/mol. The van der Waals surface area contributed by atoms with Crippen molar-refractivity contribution in [3.05, 3.63) is 47.0 Å². The fourth-order valence-corrected chi connectivity index (χ4v) is 5.57. The number of imide groups is 1. The fraction of sp³-hybridized carbons (Fsp3) is 0.455. The topological polar surface area (TPSA) is 80.8 Å². The molecule has 1 aliphatic heterocycles. The van der Waals surface area contributed by atoms with Gasteiger partial charge in [0.2, 0.25) is 11.8 Å². The molecule has 1 aromatic rings. The normalized spacial score (nSPS) is 34.6. The predicted octanol–water partition coefficient (Wildman–Crippen LogP) is 2.51.